The zero-order chi connectivity index (χ0) is 18.9. The Balaban J connectivity index is 1.61. The zero-order valence-electron chi connectivity index (χ0n) is 14.1. The van der Waals surface area contributed by atoms with Crippen molar-refractivity contribution in [1.82, 2.24) is 9.78 Å². The molecule has 0 saturated heterocycles. The van der Waals surface area contributed by atoms with Gasteiger partial charge in [-0.15, -0.1) is 0 Å². The van der Waals surface area contributed by atoms with Gasteiger partial charge in [0, 0.05) is 12.1 Å². The topological polar surface area (TPSA) is 48.6 Å². The summed E-state index contributed by atoms with van der Waals surface area (Å²) in [7, 11) is 0. The number of oxime groups is 1. The lowest BCUT2D eigenvalue weighted by molar-refractivity contribution is -0.253. The van der Waals surface area contributed by atoms with Gasteiger partial charge < -0.3 is 9.57 Å². The van der Waals surface area contributed by atoms with Gasteiger partial charge >= 0.3 is 12.5 Å². The summed E-state index contributed by atoms with van der Waals surface area (Å²) in [6, 6.07) is 7.31. The molecule has 2 aromatic rings. The minimum Gasteiger partial charge on any atom is -0.428 e. The molecule has 140 valence electrons. The summed E-state index contributed by atoms with van der Waals surface area (Å²) in [6.07, 6.45) is -8.10. The van der Waals surface area contributed by atoms with Gasteiger partial charge in [-0.05, 0) is 49.7 Å². The highest BCUT2D eigenvalue weighted by Gasteiger charge is 2.43. The van der Waals surface area contributed by atoms with E-state index in [1.165, 1.54) is 24.3 Å². The van der Waals surface area contributed by atoms with Gasteiger partial charge in [0.25, 0.3) is 0 Å². The fourth-order valence-electron chi connectivity index (χ4n) is 2.67. The maximum absolute atomic E-state index is 12.9. The molecule has 0 N–H and O–H groups in total. The Morgan fingerprint density at radius 3 is 2.54 bits per heavy atom. The minimum atomic E-state index is -4.53. The Morgan fingerprint density at radius 1 is 1.27 bits per heavy atom. The molecule has 2 heterocycles. The average molecular weight is 371 g/mol. The van der Waals surface area contributed by atoms with Crippen LogP contribution in [0.3, 0.4) is 0 Å². The summed E-state index contributed by atoms with van der Waals surface area (Å²) in [6.45, 7) is 4.39. The van der Waals surface area contributed by atoms with Crippen molar-refractivity contribution >= 4 is 5.71 Å². The molecule has 0 aliphatic carbocycles. The molecule has 5 nitrogen and oxygen atoms in total. The van der Waals surface area contributed by atoms with Crippen LogP contribution in [-0.2, 0) is 11.4 Å². The highest BCUT2D eigenvalue weighted by molar-refractivity contribution is 6.01. The van der Waals surface area contributed by atoms with Crippen LogP contribution < -0.4 is 4.74 Å². The maximum atomic E-state index is 12.9. The molecule has 3 rings (SSSR count). The second-order valence-corrected chi connectivity index (χ2v) is 6.07. The van der Waals surface area contributed by atoms with E-state index < -0.39 is 12.5 Å². The van der Waals surface area contributed by atoms with Crippen LogP contribution in [0.25, 0.3) is 0 Å². The second kappa shape index (κ2) is 6.97. The highest BCUT2D eigenvalue weighted by Crippen LogP contribution is 2.28. The van der Waals surface area contributed by atoms with E-state index in [2.05, 4.69) is 15.0 Å². The molecule has 1 aromatic carbocycles. The Labute approximate surface area is 147 Å². The first-order valence-electron chi connectivity index (χ1n) is 7.94. The van der Waals surface area contributed by atoms with Crippen molar-refractivity contribution in [2.75, 3.05) is 0 Å². The van der Waals surface area contributed by atoms with E-state index >= 15 is 0 Å². The zero-order valence-corrected chi connectivity index (χ0v) is 14.1. The molecule has 1 atom stereocenters. The number of nitrogens with zero attached hydrogens (tertiary/aromatic N) is 3. The number of halogens is 4. The molecule has 0 radical (unpaired) electrons. The SMILES string of the molecule is Cc1cc(C)n(C[C@H]2CC(c3ccc(OC(F)(F)C(F)F)cc3)=NO2)n1. The van der Waals surface area contributed by atoms with E-state index in [0.29, 0.717) is 24.2 Å². The number of hydrogen-bond acceptors (Lipinski definition) is 4. The summed E-state index contributed by atoms with van der Waals surface area (Å²) in [5.74, 6) is -0.349. The van der Waals surface area contributed by atoms with E-state index in [9.17, 15) is 17.6 Å². The fourth-order valence-corrected chi connectivity index (χ4v) is 2.67. The molecule has 0 fully saturated rings. The lowest BCUT2D eigenvalue weighted by atomic mass is 10.0. The number of alkyl halides is 4. The Kier molecular flexibility index (Phi) is 4.88. The van der Waals surface area contributed by atoms with Crippen LogP contribution in [0.1, 0.15) is 23.4 Å². The van der Waals surface area contributed by atoms with Gasteiger partial charge in [-0.2, -0.15) is 22.7 Å². The van der Waals surface area contributed by atoms with Crippen LogP contribution in [0, 0.1) is 13.8 Å². The number of ether oxygens (including phenoxy) is 1. The van der Waals surface area contributed by atoms with Gasteiger partial charge in [0.1, 0.15) is 5.75 Å². The third kappa shape index (κ3) is 3.97. The minimum absolute atomic E-state index is 0.193. The molecule has 0 bridgehead atoms. The van der Waals surface area contributed by atoms with Crippen molar-refractivity contribution in [3.63, 3.8) is 0 Å². The van der Waals surface area contributed by atoms with Crippen molar-refractivity contribution in [1.29, 1.82) is 0 Å². The van der Waals surface area contributed by atoms with Crippen LogP contribution in [-0.4, -0.2) is 34.1 Å². The smallest absolute Gasteiger partial charge is 0.428 e. The molecular formula is C17H17F4N3O2. The molecule has 0 unspecified atom stereocenters. The van der Waals surface area contributed by atoms with Gasteiger partial charge in [-0.1, -0.05) is 5.16 Å². The molecule has 26 heavy (non-hydrogen) atoms. The first-order chi connectivity index (χ1) is 12.2. The van der Waals surface area contributed by atoms with Crippen LogP contribution >= 0.6 is 0 Å². The highest BCUT2D eigenvalue weighted by atomic mass is 19.3. The third-order valence-corrected chi connectivity index (χ3v) is 3.91. The Hall–Kier alpha value is -2.58. The second-order valence-electron chi connectivity index (χ2n) is 6.07. The van der Waals surface area contributed by atoms with E-state index in [4.69, 9.17) is 4.84 Å². The molecule has 9 heteroatoms. The standard InChI is InChI=1S/C17H17F4N3O2/c1-10-7-11(2)24(22-10)9-14-8-15(23-26-14)12-3-5-13(6-4-12)25-17(20,21)16(18)19/h3-7,14,16H,8-9H2,1-2H3/t14-/m1/s1. The number of hydrogen-bond donors (Lipinski definition) is 0. The lowest BCUT2D eigenvalue weighted by Crippen LogP contribution is -2.33. The third-order valence-electron chi connectivity index (χ3n) is 3.91. The summed E-state index contributed by atoms with van der Waals surface area (Å²) < 4.78 is 56.0. The molecule has 1 aliphatic heterocycles. The van der Waals surface area contributed by atoms with Gasteiger partial charge in [0.15, 0.2) is 6.10 Å². The Bertz CT molecular complexity index is 803. The molecular weight excluding hydrogens is 354 g/mol. The van der Waals surface area contributed by atoms with Crippen LogP contribution in [0.4, 0.5) is 17.6 Å². The molecule has 0 spiro atoms. The van der Waals surface area contributed by atoms with Crippen LogP contribution in [0.2, 0.25) is 0 Å². The van der Waals surface area contributed by atoms with E-state index in [1.54, 1.807) is 0 Å². The quantitative estimate of drug-likeness (QED) is 0.723. The van der Waals surface area contributed by atoms with Crippen molar-refractivity contribution < 1.29 is 27.1 Å². The summed E-state index contributed by atoms with van der Waals surface area (Å²) >= 11 is 0. The van der Waals surface area contributed by atoms with Gasteiger partial charge in [0.2, 0.25) is 0 Å². The summed E-state index contributed by atoms with van der Waals surface area (Å²) in [4.78, 5) is 5.41. The van der Waals surface area contributed by atoms with Crippen molar-refractivity contribution in [3.8, 4) is 5.75 Å². The first kappa shape index (κ1) is 18.2. The predicted octanol–water partition coefficient (Wildman–Crippen LogP) is 3.93. The normalized spacial score (nSPS) is 17.3. The first-order valence-corrected chi connectivity index (χ1v) is 7.94. The predicted molar refractivity (Wildman–Crippen MR) is 85.7 cm³/mol. The number of aromatic nitrogens is 2. The monoisotopic (exact) mass is 371 g/mol. The largest absolute Gasteiger partial charge is 0.461 e. The average Bonchev–Trinajstić information content (AvgIpc) is 3.14. The van der Waals surface area contributed by atoms with Gasteiger partial charge in [-0.25, -0.2) is 0 Å². The van der Waals surface area contributed by atoms with Crippen LogP contribution in [0.15, 0.2) is 35.5 Å². The van der Waals surface area contributed by atoms with Crippen molar-refractivity contribution in [2.45, 2.75) is 45.5 Å². The van der Waals surface area contributed by atoms with Gasteiger partial charge in [-0.3, -0.25) is 4.68 Å². The molecule has 1 aliphatic rings. The number of benzene rings is 1. The van der Waals surface area contributed by atoms with Crippen molar-refractivity contribution in [3.05, 3.63) is 47.3 Å². The summed E-state index contributed by atoms with van der Waals surface area (Å²) in [5, 5.41) is 8.39. The number of aryl methyl sites for hydroxylation is 2. The molecule has 0 amide bonds. The molecule has 1 aromatic heterocycles. The number of rotatable bonds is 6. The summed E-state index contributed by atoms with van der Waals surface area (Å²) in [5.41, 5.74) is 3.22. The Morgan fingerprint density at radius 2 is 1.96 bits per heavy atom. The van der Waals surface area contributed by atoms with Crippen molar-refractivity contribution in [2.24, 2.45) is 5.16 Å². The fraction of sp³-hybridized carbons (Fsp3) is 0.412. The van der Waals surface area contributed by atoms with E-state index in [1.807, 2.05) is 24.6 Å². The van der Waals surface area contributed by atoms with Gasteiger partial charge in [0.05, 0.1) is 18.0 Å². The van der Waals surface area contributed by atoms with E-state index in [-0.39, 0.29) is 11.9 Å². The van der Waals surface area contributed by atoms with Crippen LogP contribution in [0.5, 0.6) is 5.75 Å². The lowest BCUT2D eigenvalue weighted by Gasteiger charge is -2.16. The molecule has 0 saturated carbocycles. The maximum Gasteiger partial charge on any atom is 0.461 e. The van der Waals surface area contributed by atoms with E-state index in [0.717, 1.165) is 11.4 Å².